The third-order valence-electron chi connectivity index (χ3n) is 3.86. The highest BCUT2D eigenvalue weighted by molar-refractivity contribution is 5.85. The van der Waals surface area contributed by atoms with Gasteiger partial charge >= 0.3 is 0 Å². The highest BCUT2D eigenvalue weighted by Gasteiger charge is 2.28. The number of hydrogen-bond acceptors (Lipinski definition) is 2. The Hall–Kier alpha value is -0.280. The lowest BCUT2D eigenvalue weighted by Gasteiger charge is -2.25. The van der Waals surface area contributed by atoms with Crippen LogP contribution in [0, 0.1) is 11.8 Å². The average molecular weight is 247 g/mol. The monoisotopic (exact) mass is 246 g/mol. The summed E-state index contributed by atoms with van der Waals surface area (Å²) in [6.07, 6.45) is 5.91. The molecule has 1 amide bonds. The van der Waals surface area contributed by atoms with Gasteiger partial charge in [-0.25, -0.2) is 0 Å². The molecule has 2 N–H and O–H groups in total. The molecule has 4 heteroatoms. The van der Waals surface area contributed by atoms with Gasteiger partial charge in [0.1, 0.15) is 0 Å². The number of amides is 1. The molecule has 2 unspecified atom stereocenters. The molecule has 0 spiro atoms. The smallest absolute Gasteiger partial charge is 0.224 e. The Morgan fingerprint density at radius 3 is 2.62 bits per heavy atom. The molecular weight excluding hydrogens is 224 g/mol. The maximum absolute atomic E-state index is 11.9. The van der Waals surface area contributed by atoms with Gasteiger partial charge in [-0.15, -0.1) is 12.4 Å². The van der Waals surface area contributed by atoms with Gasteiger partial charge in [0.05, 0.1) is 5.92 Å². The molecule has 3 nitrogen and oxygen atoms in total. The van der Waals surface area contributed by atoms with Crippen LogP contribution in [0.25, 0.3) is 0 Å². The second kappa shape index (κ2) is 6.45. The van der Waals surface area contributed by atoms with Crippen molar-refractivity contribution in [1.82, 2.24) is 10.6 Å². The minimum Gasteiger partial charge on any atom is -0.353 e. The molecule has 1 saturated carbocycles. The summed E-state index contributed by atoms with van der Waals surface area (Å²) in [5.74, 6) is 1.16. The summed E-state index contributed by atoms with van der Waals surface area (Å²) in [4.78, 5) is 11.9. The van der Waals surface area contributed by atoms with Crippen molar-refractivity contribution in [2.75, 3.05) is 13.1 Å². The SMILES string of the molecule is CC1CCCC1NC(=O)[C@@H]1CCCNC1.Cl. The lowest BCUT2D eigenvalue weighted by molar-refractivity contribution is -0.126. The van der Waals surface area contributed by atoms with Crippen LogP contribution in [0.5, 0.6) is 0 Å². The second-order valence-electron chi connectivity index (χ2n) is 5.07. The maximum atomic E-state index is 11.9. The van der Waals surface area contributed by atoms with E-state index in [0.717, 1.165) is 25.9 Å². The Balaban J connectivity index is 0.00000128. The van der Waals surface area contributed by atoms with E-state index in [1.807, 2.05) is 0 Å². The lowest BCUT2D eigenvalue weighted by atomic mass is 9.97. The van der Waals surface area contributed by atoms with Crippen molar-refractivity contribution in [3.63, 3.8) is 0 Å². The molecule has 0 radical (unpaired) electrons. The van der Waals surface area contributed by atoms with E-state index < -0.39 is 0 Å². The predicted molar refractivity (Wildman–Crippen MR) is 67.8 cm³/mol. The van der Waals surface area contributed by atoms with Gasteiger partial charge in [-0.3, -0.25) is 4.79 Å². The molecule has 0 aromatic carbocycles. The van der Waals surface area contributed by atoms with Gasteiger partial charge in [0, 0.05) is 12.6 Å². The van der Waals surface area contributed by atoms with E-state index in [-0.39, 0.29) is 24.2 Å². The lowest BCUT2D eigenvalue weighted by Crippen LogP contribution is -2.45. The van der Waals surface area contributed by atoms with E-state index in [2.05, 4.69) is 17.6 Å². The summed E-state index contributed by atoms with van der Waals surface area (Å²) in [6, 6.07) is 0.444. The minimum absolute atomic E-state index is 0. The largest absolute Gasteiger partial charge is 0.353 e. The first-order chi connectivity index (χ1) is 7.27. The molecule has 2 rings (SSSR count). The van der Waals surface area contributed by atoms with Gasteiger partial charge in [-0.2, -0.15) is 0 Å². The molecule has 2 fully saturated rings. The maximum Gasteiger partial charge on any atom is 0.224 e. The van der Waals surface area contributed by atoms with Gasteiger partial charge in [-0.05, 0) is 38.1 Å². The fourth-order valence-corrected chi connectivity index (χ4v) is 2.74. The Kier molecular flexibility index (Phi) is 5.56. The van der Waals surface area contributed by atoms with Crippen LogP contribution in [0.3, 0.4) is 0 Å². The van der Waals surface area contributed by atoms with Gasteiger partial charge in [0.2, 0.25) is 5.91 Å². The van der Waals surface area contributed by atoms with Gasteiger partial charge < -0.3 is 10.6 Å². The summed E-state index contributed by atoms with van der Waals surface area (Å²) in [6.45, 7) is 4.19. The molecule has 0 aromatic rings. The highest BCUT2D eigenvalue weighted by atomic mass is 35.5. The molecule has 0 aromatic heterocycles. The van der Waals surface area contributed by atoms with Crippen LogP contribution in [0.1, 0.15) is 39.0 Å². The quantitative estimate of drug-likeness (QED) is 0.779. The summed E-state index contributed by atoms with van der Waals surface area (Å²) in [5.41, 5.74) is 0. The van der Waals surface area contributed by atoms with E-state index in [1.54, 1.807) is 0 Å². The van der Waals surface area contributed by atoms with Crippen molar-refractivity contribution in [2.24, 2.45) is 11.8 Å². The van der Waals surface area contributed by atoms with Crippen LogP contribution in [0.2, 0.25) is 0 Å². The average Bonchev–Trinajstić information content (AvgIpc) is 2.66. The normalized spacial score (nSPS) is 34.2. The Labute approximate surface area is 104 Å². The number of carbonyl (C=O) groups is 1. The fourth-order valence-electron chi connectivity index (χ4n) is 2.74. The zero-order chi connectivity index (χ0) is 10.7. The molecule has 2 aliphatic rings. The van der Waals surface area contributed by atoms with Crippen LogP contribution < -0.4 is 10.6 Å². The van der Waals surface area contributed by atoms with Crippen molar-refractivity contribution < 1.29 is 4.79 Å². The highest BCUT2D eigenvalue weighted by Crippen LogP contribution is 2.25. The number of carbonyl (C=O) groups excluding carboxylic acids is 1. The topological polar surface area (TPSA) is 41.1 Å². The first-order valence-electron chi connectivity index (χ1n) is 6.28. The van der Waals surface area contributed by atoms with Crippen molar-refractivity contribution in [3.8, 4) is 0 Å². The standard InChI is InChI=1S/C12H22N2O.ClH/c1-9-4-2-6-11(9)14-12(15)10-5-3-7-13-8-10;/h9-11,13H,2-8H2,1H3,(H,14,15);1H/t9?,10-,11?;/m1./s1. The molecule has 0 bridgehead atoms. The fraction of sp³-hybridized carbons (Fsp3) is 0.917. The van der Waals surface area contributed by atoms with Crippen molar-refractivity contribution >= 4 is 18.3 Å². The first-order valence-corrected chi connectivity index (χ1v) is 6.28. The van der Waals surface area contributed by atoms with Gasteiger partial charge in [0.15, 0.2) is 0 Å². The zero-order valence-electron chi connectivity index (χ0n) is 10.00. The van der Waals surface area contributed by atoms with E-state index in [0.29, 0.717) is 12.0 Å². The van der Waals surface area contributed by atoms with Crippen molar-refractivity contribution in [1.29, 1.82) is 0 Å². The Morgan fingerprint density at radius 2 is 2.06 bits per heavy atom. The predicted octanol–water partition coefficient (Wildman–Crippen LogP) is 1.71. The van der Waals surface area contributed by atoms with Gasteiger partial charge in [-0.1, -0.05) is 13.3 Å². The van der Waals surface area contributed by atoms with Crippen LogP contribution >= 0.6 is 12.4 Å². The second-order valence-corrected chi connectivity index (χ2v) is 5.07. The van der Waals surface area contributed by atoms with E-state index in [1.165, 1.54) is 19.3 Å². The minimum atomic E-state index is 0. The Bertz CT molecular complexity index is 229. The third kappa shape index (κ3) is 3.36. The molecule has 1 saturated heterocycles. The van der Waals surface area contributed by atoms with Crippen LogP contribution in [-0.2, 0) is 4.79 Å². The number of piperidine rings is 1. The van der Waals surface area contributed by atoms with Gasteiger partial charge in [0.25, 0.3) is 0 Å². The summed E-state index contributed by atoms with van der Waals surface area (Å²) < 4.78 is 0. The molecule has 16 heavy (non-hydrogen) atoms. The first kappa shape index (κ1) is 13.8. The van der Waals surface area contributed by atoms with E-state index >= 15 is 0 Å². The molecule has 1 heterocycles. The van der Waals surface area contributed by atoms with Crippen LogP contribution in [0.4, 0.5) is 0 Å². The number of hydrogen-bond donors (Lipinski definition) is 2. The summed E-state index contributed by atoms with van der Waals surface area (Å²) in [7, 11) is 0. The van der Waals surface area contributed by atoms with E-state index in [9.17, 15) is 4.79 Å². The van der Waals surface area contributed by atoms with Crippen LogP contribution in [-0.4, -0.2) is 25.0 Å². The molecule has 1 aliphatic carbocycles. The molecule has 1 aliphatic heterocycles. The Morgan fingerprint density at radius 1 is 1.25 bits per heavy atom. The molecular formula is C12H23ClN2O. The van der Waals surface area contributed by atoms with Crippen LogP contribution in [0.15, 0.2) is 0 Å². The van der Waals surface area contributed by atoms with E-state index in [4.69, 9.17) is 0 Å². The third-order valence-corrected chi connectivity index (χ3v) is 3.86. The number of halogens is 1. The van der Waals surface area contributed by atoms with Crippen molar-refractivity contribution in [2.45, 2.75) is 45.1 Å². The number of rotatable bonds is 2. The summed E-state index contributed by atoms with van der Waals surface area (Å²) >= 11 is 0. The summed E-state index contributed by atoms with van der Waals surface area (Å²) in [5, 5.41) is 6.51. The molecule has 3 atom stereocenters. The van der Waals surface area contributed by atoms with Crippen molar-refractivity contribution in [3.05, 3.63) is 0 Å². The number of nitrogens with one attached hydrogen (secondary N) is 2. The zero-order valence-corrected chi connectivity index (χ0v) is 10.8. The molecule has 94 valence electrons.